The molecule has 0 atom stereocenters. The van der Waals surface area contributed by atoms with Crippen LogP contribution in [0.4, 0.5) is 34.1 Å². The lowest BCUT2D eigenvalue weighted by Crippen LogP contribution is -1.97. The monoisotopic (exact) mass is 646 g/mol. The van der Waals surface area contributed by atoms with Crippen molar-refractivity contribution in [2.24, 2.45) is 30.7 Å². The molecule has 0 radical (unpaired) electrons. The van der Waals surface area contributed by atoms with Crippen molar-refractivity contribution < 1.29 is 36.2 Å². The molecule has 0 fully saturated rings. The van der Waals surface area contributed by atoms with Crippen LogP contribution in [-0.2, 0) is 20.2 Å². The number of phenolic OH excluding ortho intramolecular Hbond substituents is 2. The summed E-state index contributed by atoms with van der Waals surface area (Å²) in [5.74, 6) is -0.441. The number of rotatable bonds is 8. The lowest BCUT2D eigenvalue weighted by Gasteiger charge is -2.07. The van der Waals surface area contributed by atoms with E-state index < -0.39 is 20.2 Å². The highest BCUT2D eigenvalue weighted by Gasteiger charge is 2.14. The lowest BCUT2D eigenvalue weighted by atomic mass is 10.1. The Morgan fingerprint density at radius 1 is 0.489 bits per heavy atom. The first kappa shape index (κ1) is 31.0. The van der Waals surface area contributed by atoms with Crippen molar-refractivity contribution in [1.82, 2.24) is 0 Å². The van der Waals surface area contributed by atoms with E-state index in [1.807, 2.05) is 0 Å². The zero-order chi connectivity index (χ0) is 32.4. The summed E-state index contributed by atoms with van der Waals surface area (Å²) in [6.07, 6.45) is 0. The van der Waals surface area contributed by atoms with E-state index in [2.05, 4.69) is 30.7 Å². The van der Waals surface area contributed by atoms with Crippen molar-refractivity contribution >= 4 is 65.1 Å². The van der Waals surface area contributed by atoms with Crippen molar-refractivity contribution in [3.8, 4) is 11.5 Å². The summed E-state index contributed by atoms with van der Waals surface area (Å²) in [5, 5.41) is 45.2. The molecule has 4 N–H and O–H groups in total. The van der Waals surface area contributed by atoms with Crippen LogP contribution >= 0.6 is 0 Å². The normalized spacial score (nSPS) is 12.6. The summed E-state index contributed by atoms with van der Waals surface area (Å²) < 4.78 is 64.8. The summed E-state index contributed by atoms with van der Waals surface area (Å²) >= 11 is 0. The first-order chi connectivity index (χ1) is 21.3. The maximum Gasteiger partial charge on any atom is 0.294 e. The Morgan fingerprint density at radius 3 is 1.64 bits per heavy atom. The summed E-state index contributed by atoms with van der Waals surface area (Å²) in [6, 6.07) is 21.0. The molecule has 45 heavy (non-hydrogen) atoms. The molecule has 0 amide bonds. The molecular formula is C29H22N6O8S2. The van der Waals surface area contributed by atoms with Crippen molar-refractivity contribution in [3.63, 3.8) is 0 Å². The van der Waals surface area contributed by atoms with Crippen LogP contribution in [0.5, 0.6) is 11.5 Å². The van der Waals surface area contributed by atoms with E-state index >= 15 is 0 Å². The molecule has 0 heterocycles. The number of azo groups is 3. The highest BCUT2D eigenvalue weighted by atomic mass is 32.2. The molecule has 5 rings (SSSR count). The molecule has 0 aliphatic rings. The summed E-state index contributed by atoms with van der Waals surface area (Å²) in [4.78, 5) is -0.627. The molecule has 0 aliphatic carbocycles. The second-order valence-electron chi connectivity index (χ2n) is 9.50. The van der Waals surface area contributed by atoms with E-state index in [-0.39, 0.29) is 32.7 Å². The molecule has 14 nitrogen and oxygen atoms in total. The molecular weight excluding hydrogens is 624 g/mol. The molecule has 0 aliphatic heterocycles. The van der Waals surface area contributed by atoms with E-state index in [9.17, 15) is 31.6 Å². The molecule has 16 heteroatoms. The van der Waals surface area contributed by atoms with E-state index in [0.29, 0.717) is 39.1 Å². The van der Waals surface area contributed by atoms with E-state index in [4.69, 9.17) is 4.55 Å². The third kappa shape index (κ3) is 7.39. The van der Waals surface area contributed by atoms with Crippen LogP contribution in [0, 0.1) is 6.92 Å². The zero-order valence-electron chi connectivity index (χ0n) is 23.1. The predicted octanol–water partition coefficient (Wildman–Crippen LogP) is 8.30. The Morgan fingerprint density at radius 2 is 1.00 bits per heavy atom. The third-order valence-corrected chi connectivity index (χ3v) is 8.04. The average Bonchev–Trinajstić information content (AvgIpc) is 2.98. The molecule has 5 aromatic rings. The minimum absolute atomic E-state index is 0.0904. The molecule has 0 saturated carbocycles. The van der Waals surface area contributed by atoms with Crippen molar-refractivity contribution in [2.45, 2.75) is 16.7 Å². The summed E-state index contributed by atoms with van der Waals surface area (Å²) in [5.41, 5.74) is 2.65. The van der Waals surface area contributed by atoms with E-state index in [1.54, 1.807) is 31.2 Å². The van der Waals surface area contributed by atoms with Gasteiger partial charge in [0.1, 0.15) is 17.2 Å². The van der Waals surface area contributed by atoms with Gasteiger partial charge in [-0.2, -0.15) is 32.2 Å². The summed E-state index contributed by atoms with van der Waals surface area (Å²) in [6.45, 7) is 1.77. The van der Waals surface area contributed by atoms with E-state index in [0.717, 1.165) is 6.07 Å². The fourth-order valence-electron chi connectivity index (χ4n) is 4.06. The Balaban J connectivity index is 1.44. The van der Waals surface area contributed by atoms with Gasteiger partial charge in [0.05, 0.1) is 38.2 Å². The topological polar surface area (TPSA) is 223 Å². The standard InChI is InChI=1S/C29H22N6O8S2/c1-17-14-19(4-10-25(17)32-30-18-2-6-21(7-3-18)44(38,39)40)31-33-27-13-12-26(34-35-28-11-5-20(36)15-29(28)37)23-9-8-22(16-24(23)27)45(41,42)43/h2-16,36-37H,1H3,(H,38,39,40)(H,41,42,43). The van der Waals surface area contributed by atoms with Crippen LogP contribution < -0.4 is 0 Å². The fourth-order valence-corrected chi connectivity index (χ4v) is 5.04. The molecule has 0 bridgehead atoms. The fraction of sp³-hybridized carbons (Fsp3) is 0.0345. The average molecular weight is 647 g/mol. The Hall–Kier alpha value is -5.42. The first-order valence-electron chi connectivity index (χ1n) is 12.8. The van der Waals surface area contributed by atoms with Crippen LogP contribution in [0.15, 0.2) is 131 Å². The zero-order valence-corrected chi connectivity index (χ0v) is 24.7. The maximum atomic E-state index is 11.9. The minimum atomic E-state index is -4.54. The van der Waals surface area contributed by atoms with Gasteiger partial charge in [-0.3, -0.25) is 9.11 Å². The van der Waals surface area contributed by atoms with Gasteiger partial charge in [-0.1, -0.05) is 6.07 Å². The lowest BCUT2D eigenvalue weighted by molar-refractivity contribution is 0.451. The molecule has 228 valence electrons. The summed E-state index contributed by atoms with van der Waals surface area (Å²) in [7, 11) is -8.86. The van der Waals surface area contributed by atoms with Gasteiger partial charge in [-0.25, -0.2) is 0 Å². The highest BCUT2D eigenvalue weighted by Crippen LogP contribution is 2.38. The number of hydrogen-bond donors (Lipinski definition) is 4. The van der Waals surface area contributed by atoms with Crippen molar-refractivity contribution in [3.05, 3.63) is 96.6 Å². The second kappa shape index (κ2) is 12.3. The number of benzene rings is 5. The van der Waals surface area contributed by atoms with Gasteiger partial charge in [-0.15, -0.1) is 15.3 Å². The third-order valence-electron chi connectivity index (χ3n) is 6.33. The van der Waals surface area contributed by atoms with Gasteiger partial charge in [0.2, 0.25) is 0 Å². The van der Waals surface area contributed by atoms with Crippen LogP contribution in [-0.4, -0.2) is 36.2 Å². The van der Waals surface area contributed by atoms with Crippen LogP contribution in [0.1, 0.15) is 5.56 Å². The van der Waals surface area contributed by atoms with Gasteiger partial charge in [0.15, 0.2) is 0 Å². The Labute approximate surface area is 256 Å². The first-order valence-corrected chi connectivity index (χ1v) is 15.7. The van der Waals surface area contributed by atoms with Crippen LogP contribution in [0.25, 0.3) is 10.8 Å². The quantitative estimate of drug-likeness (QED) is 0.0945. The number of aromatic hydroxyl groups is 2. The molecule has 0 spiro atoms. The molecule has 0 aromatic heterocycles. The molecule has 5 aromatic carbocycles. The molecule has 0 saturated heterocycles. The Kier molecular flexibility index (Phi) is 8.47. The maximum absolute atomic E-state index is 11.9. The number of aryl methyl sites for hydroxylation is 1. The second-order valence-corrected chi connectivity index (χ2v) is 12.3. The largest absolute Gasteiger partial charge is 0.508 e. The SMILES string of the molecule is Cc1cc(N=Nc2ccc(N=Nc3ccc(O)cc3O)c3ccc(S(=O)(=O)O)cc23)ccc1N=Nc1ccc(S(=O)(=O)O)cc1. The van der Waals surface area contributed by atoms with Crippen molar-refractivity contribution in [1.29, 1.82) is 0 Å². The number of fused-ring (bicyclic) bond motifs is 1. The Bertz CT molecular complexity index is 2250. The van der Waals surface area contributed by atoms with Gasteiger partial charge in [0.25, 0.3) is 20.2 Å². The van der Waals surface area contributed by atoms with Gasteiger partial charge in [-0.05, 0) is 91.3 Å². The van der Waals surface area contributed by atoms with Crippen molar-refractivity contribution in [2.75, 3.05) is 0 Å². The van der Waals surface area contributed by atoms with Crippen LogP contribution in [0.2, 0.25) is 0 Å². The number of hydrogen-bond acceptors (Lipinski definition) is 12. The van der Waals surface area contributed by atoms with Gasteiger partial charge < -0.3 is 10.2 Å². The molecule has 0 unspecified atom stereocenters. The number of nitrogens with zero attached hydrogens (tertiary/aromatic N) is 6. The smallest absolute Gasteiger partial charge is 0.294 e. The minimum Gasteiger partial charge on any atom is -0.508 e. The highest BCUT2D eigenvalue weighted by molar-refractivity contribution is 7.86. The van der Waals surface area contributed by atoms with E-state index in [1.165, 1.54) is 60.7 Å². The van der Waals surface area contributed by atoms with Crippen LogP contribution in [0.3, 0.4) is 0 Å². The number of phenols is 2. The van der Waals surface area contributed by atoms with Gasteiger partial charge in [0, 0.05) is 16.8 Å². The van der Waals surface area contributed by atoms with Gasteiger partial charge >= 0.3 is 0 Å². The predicted molar refractivity (Wildman–Crippen MR) is 163 cm³/mol.